The molecule has 3 heterocycles. The van der Waals surface area contributed by atoms with Crippen LogP contribution in [0.25, 0.3) is 0 Å². The van der Waals surface area contributed by atoms with Crippen LogP contribution in [0.3, 0.4) is 0 Å². The number of rotatable bonds is 5. The van der Waals surface area contributed by atoms with E-state index in [0.717, 1.165) is 19.3 Å². The fraction of sp³-hybridized carbons (Fsp3) is 1.00. The first-order chi connectivity index (χ1) is 11.2. The minimum atomic E-state index is -2.02. The second-order valence-corrected chi connectivity index (χ2v) is 25.0. The maximum atomic E-state index is 9.55. The zero-order chi connectivity index (χ0) is 17.6. The Labute approximate surface area is 150 Å². The quantitative estimate of drug-likeness (QED) is 0.514. The van der Waals surface area contributed by atoms with Crippen molar-refractivity contribution in [3.8, 4) is 0 Å². The van der Waals surface area contributed by atoms with E-state index in [1.54, 1.807) is 7.11 Å². The molecular weight excluding hydrogens is 415 g/mol. The van der Waals surface area contributed by atoms with E-state index in [9.17, 15) is 5.11 Å². The van der Waals surface area contributed by atoms with E-state index in [-0.39, 0.29) is 12.5 Å². The van der Waals surface area contributed by atoms with E-state index in [2.05, 4.69) is 14.8 Å². The first-order valence-electron chi connectivity index (χ1n) is 9.43. The van der Waals surface area contributed by atoms with Gasteiger partial charge in [-0.25, -0.2) is 0 Å². The van der Waals surface area contributed by atoms with Gasteiger partial charge in [-0.2, -0.15) is 0 Å². The fourth-order valence-electron chi connectivity index (χ4n) is 5.22. The molecule has 6 atom stereocenters. The molecule has 4 aliphatic rings. The van der Waals surface area contributed by atoms with Gasteiger partial charge in [0.05, 0.1) is 0 Å². The molecule has 24 heavy (non-hydrogen) atoms. The van der Waals surface area contributed by atoms with E-state index in [0.29, 0.717) is 18.3 Å². The molecule has 1 aliphatic carbocycles. The number of hydrogen-bond acceptors (Lipinski definition) is 5. The summed E-state index contributed by atoms with van der Waals surface area (Å²) in [6.45, 7) is 2.19. The van der Waals surface area contributed by atoms with Crippen molar-refractivity contribution < 1.29 is 24.4 Å². The molecule has 3 aliphatic heterocycles. The summed E-state index contributed by atoms with van der Waals surface area (Å²) in [4.78, 5) is 19.5. The zero-order valence-electron chi connectivity index (χ0n) is 15.8. The summed E-state index contributed by atoms with van der Waals surface area (Å²) in [7, 11) is 1.70. The van der Waals surface area contributed by atoms with Gasteiger partial charge in [-0.15, -0.1) is 0 Å². The van der Waals surface area contributed by atoms with Gasteiger partial charge in [0.1, 0.15) is 0 Å². The van der Waals surface area contributed by atoms with Gasteiger partial charge in [-0.3, -0.25) is 0 Å². The van der Waals surface area contributed by atoms with Crippen molar-refractivity contribution in [3.63, 3.8) is 0 Å². The van der Waals surface area contributed by atoms with Crippen LogP contribution in [0.4, 0.5) is 0 Å². The number of aliphatic hydroxyl groups is 1. The summed E-state index contributed by atoms with van der Waals surface area (Å²) < 4.78 is 13.4. The van der Waals surface area contributed by atoms with E-state index in [4.69, 9.17) is 19.2 Å². The van der Waals surface area contributed by atoms with Crippen LogP contribution in [-0.4, -0.2) is 54.9 Å². The molecule has 1 saturated carbocycles. The van der Waals surface area contributed by atoms with Crippen LogP contribution in [0.5, 0.6) is 0 Å². The Balaban J connectivity index is 1.97. The predicted octanol–water partition coefficient (Wildman–Crippen LogP) is 3.55. The van der Waals surface area contributed by atoms with Crippen LogP contribution < -0.4 is 0 Å². The molecule has 140 valence electrons. The zero-order valence-corrected chi connectivity index (χ0v) is 18.7. The molecule has 2 bridgehead atoms. The van der Waals surface area contributed by atoms with Crippen LogP contribution in [0.1, 0.15) is 39.0 Å². The van der Waals surface area contributed by atoms with E-state index in [1.165, 1.54) is 10.9 Å². The normalized spacial score (nSPS) is 45.8. The summed E-state index contributed by atoms with van der Waals surface area (Å²) in [5.41, 5.74) is -0.572. The van der Waals surface area contributed by atoms with Crippen molar-refractivity contribution in [2.24, 2.45) is 17.8 Å². The summed E-state index contributed by atoms with van der Waals surface area (Å²) in [5, 5.41) is 9.55. The Bertz CT molecular complexity index is 451. The molecule has 0 radical (unpaired) electrons. The molecule has 0 aromatic rings. The second-order valence-electron chi connectivity index (χ2n) is 9.26. The third kappa shape index (κ3) is 3.29. The van der Waals surface area contributed by atoms with E-state index in [1.807, 2.05) is 6.92 Å². The third-order valence-electron chi connectivity index (χ3n) is 6.30. The van der Waals surface area contributed by atoms with Crippen molar-refractivity contribution in [2.75, 3.05) is 13.7 Å². The van der Waals surface area contributed by atoms with E-state index < -0.39 is 36.1 Å². The minimum absolute atomic E-state index is 0.165. The van der Waals surface area contributed by atoms with Gasteiger partial charge in [0.25, 0.3) is 0 Å². The van der Waals surface area contributed by atoms with Gasteiger partial charge in [0.15, 0.2) is 0 Å². The molecule has 0 amide bonds. The average Bonchev–Trinajstić information content (AvgIpc) is 2.68. The molecule has 4 fully saturated rings. The Morgan fingerprint density at radius 3 is 2.54 bits per heavy atom. The van der Waals surface area contributed by atoms with Gasteiger partial charge in [-0.05, 0) is 0 Å². The molecule has 2 unspecified atom stereocenters. The topological polar surface area (TPSA) is 57.2 Å². The number of aliphatic hydroxyl groups excluding tert-OH is 1. The van der Waals surface area contributed by atoms with E-state index >= 15 is 0 Å². The molecule has 1 N–H and O–H groups in total. The molecule has 0 aromatic heterocycles. The molecule has 6 heteroatoms. The van der Waals surface area contributed by atoms with Crippen LogP contribution >= 0.6 is 0 Å². The Kier molecular flexibility index (Phi) is 5.62. The van der Waals surface area contributed by atoms with Crippen LogP contribution in [0, 0.1) is 17.8 Å². The van der Waals surface area contributed by atoms with Crippen LogP contribution in [0.2, 0.25) is 19.3 Å². The van der Waals surface area contributed by atoms with Gasteiger partial charge in [-0.1, -0.05) is 0 Å². The van der Waals surface area contributed by atoms with Gasteiger partial charge >= 0.3 is 150 Å². The molecule has 0 aromatic carbocycles. The first kappa shape index (κ1) is 19.4. The summed E-state index contributed by atoms with van der Waals surface area (Å²) >= 11 is -2.02. The number of ether oxygens (including phenoxy) is 2. The first-order valence-corrected chi connectivity index (χ1v) is 20.0. The number of methoxy groups -OCH3 is 1. The maximum absolute atomic E-state index is 9.55. The number of fused-ring (bicyclic) bond motifs is 3. The van der Waals surface area contributed by atoms with Crippen molar-refractivity contribution in [1.29, 1.82) is 0 Å². The second kappa shape index (κ2) is 6.96. The van der Waals surface area contributed by atoms with Crippen molar-refractivity contribution in [3.05, 3.63) is 0 Å². The SMILES string of the molecule is COC1O[C@]2(C)OO[C@]13[C@H](CCO)CCC[C@@H]3CC2[CH2][Sn]([CH3])([CH3])[CH3]. The van der Waals surface area contributed by atoms with Crippen molar-refractivity contribution in [2.45, 2.75) is 76.0 Å². The summed E-state index contributed by atoms with van der Waals surface area (Å²) in [5.74, 6) is 0.216. The molecule has 5 nitrogen and oxygen atoms in total. The standard InChI is InChI=1S/C15H25O5.3CH3.Sn/c1-10-9-12-6-4-5-11(7-8-16)15(12)13(17-3)18-14(10,2)19-20-15;;;;/h10-13,16H,1,4-9H2,2-3H3;3*1H3;/t10?,11-,12+,13?,14+,15-;;;;/m0..../s1. The Morgan fingerprint density at radius 2 is 1.92 bits per heavy atom. The van der Waals surface area contributed by atoms with Gasteiger partial charge in [0, 0.05) is 0 Å². The molecule has 4 rings (SSSR count). The molecule has 3 saturated heterocycles. The molecular formula is C18H34O5Sn. The predicted molar refractivity (Wildman–Crippen MR) is 94.0 cm³/mol. The van der Waals surface area contributed by atoms with Crippen LogP contribution in [-0.2, 0) is 19.2 Å². The number of hydrogen-bond donors (Lipinski definition) is 1. The Morgan fingerprint density at radius 1 is 1.17 bits per heavy atom. The Hall–Kier alpha value is 0.599. The van der Waals surface area contributed by atoms with Crippen molar-refractivity contribution in [1.82, 2.24) is 0 Å². The van der Waals surface area contributed by atoms with Crippen LogP contribution in [0.15, 0.2) is 0 Å². The monoisotopic (exact) mass is 450 g/mol. The fourth-order valence-corrected chi connectivity index (χ4v) is 11.0. The third-order valence-corrected chi connectivity index (χ3v) is 11.2. The average molecular weight is 449 g/mol. The summed E-state index contributed by atoms with van der Waals surface area (Å²) in [6.07, 6.45) is 4.71. The summed E-state index contributed by atoms with van der Waals surface area (Å²) in [6, 6.07) is 0. The van der Waals surface area contributed by atoms with Gasteiger partial charge in [0.2, 0.25) is 0 Å². The van der Waals surface area contributed by atoms with Crippen molar-refractivity contribution >= 4 is 18.4 Å². The van der Waals surface area contributed by atoms with Gasteiger partial charge < -0.3 is 0 Å². The molecule has 1 spiro atoms.